The lowest BCUT2D eigenvalue weighted by atomic mass is 10.1. The zero-order valence-electron chi connectivity index (χ0n) is 12.0. The van der Waals surface area contributed by atoms with Gasteiger partial charge >= 0.3 is 12.0 Å². The van der Waals surface area contributed by atoms with Crippen LogP contribution in [0.5, 0.6) is 0 Å². The lowest BCUT2D eigenvalue weighted by Gasteiger charge is -2.19. The average Bonchev–Trinajstić information content (AvgIpc) is 2.55. The van der Waals surface area contributed by atoms with Gasteiger partial charge in [-0.3, -0.25) is 4.79 Å². The van der Waals surface area contributed by atoms with Crippen LogP contribution >= 0.6 is 0 Å². The molecule has 116 valence electrons. The van der Waals surface area contributed by atoms with Crippen LogP contribution in [0, 0.1) is 0 Å². The third-order valence-electron chi connectivity index (χ3n) is 3.01. The Morgan fingerprint density at radius 2 is 1.43 bits per heavy atom. The summed E-state index contributed by atoms with van der Waals surface area (Å²) in [6, 6.07) is 15.2. The number of hydrogen-bond donors (Lipinski definition) is 2. The molecule has 0 fully saturated rings. The Morgan fingerprint density at radius 3 is 1.91 bits per heavy atom. The molecular formula is C17H14N2O4. The highest BCUT2D eigenvalue weighted by Crippen LogP contribution is 2.15. The van der Waals surface area contributed by atoms with Crippen molar-refractivity contribution in [1.29, 1.82) is 0 Å². The number of carboxylic acid groups (broad SMARTS) is 1. The van der Waals surface area contributed by atoms with E-state index < -0.39 is 23.6 Å². The molecule has 2 aromatic carbocycles. The van der Waals surface area contributed by atoms with Crippen molar-refractivity contribution in [2.45, 2.75) is 0 Å². The van der Waals surface area contributed by atoms with Crippen LogP contribution in [0.15, 0.2) is 66.4 Å². The second kappa shape index (κ2) is 7.04. The molecule has 0 radical (unpaired) electrons. The fourth-order valence-corrected chi connectivity index (χ4v) is 1.97. The predicted molar refractivity (Wildman–Crippen MR) is 84.2 cm³/mol. The largest absolute Gasteiger partial charge is 0.477 e. The molecule has 0 aliphatic rings. The maximum Gasteiger partial charge on any atom is 0.353 e. The van der Waals surface area contributed by atoms with E-state index in [1.54, 1.807) is 48.5 Å². The molecule has 6 heteroatoms. The van der Waals surface area contributed by atoms with Crippen molar-refractivity contribution in [3.05, 3.63) is 77.5 Å². The summed E-state index contributed by atoms with van der Waals surface area (Å²) in [6.07, 6.45) is 1.22. The summed E-state index contributed by atoms with van der Waals surface area (Å²) in [5.74, 6) is -2.24. The van der Waals surface area contributed by atoms with Gasteiger partial charge in [0.05, 0.1) is 0 Å². The molecule has 3 amide bonds. The number of urea groups is 1. The topological polar surface area (TPSA) is 101 Å². The molecule has 0 aliphatic carbocycles. The highest BCUT2D eigenvalue weighted by molar-refractivity contribution is 6.11. The van der Waals surface area contributed by atoms with Crippen molar-refractivity contribution in [2.75, 3.05) is 0 Å². The number of nitrogens with zero attached hydrogens (tertiary/aromatic N) is 1. The van der Waals surface area contributed by atoms with E-state index in [0.717, 1.165) is 0 Å². The number of aliphatic carboxylic acids is 1. The van der Waals surface area contributed by atoms with Gasteiger partial charge in [0.2, 0.25) is 0 Å². The number of rotatable bonds is 4. The number of amides is 3. The van der Waals surface area contributed by atoms with Crippen LogP contribution in [0.1, 0.15) is 15.9 Å². The Morgan fingerprint density at radius 1 is 0.913 bits per heavy atom. The van der Waals surface area contributed by atoms with E-state index in [2.05, 4.69) is 0 Å². The third kappa shape index (κ3) is 3.82. The molecule has 0 saturated heterocycles. The van der Waals surface area contributed by atoms with Crippen molar-refractivity contribution in [1.82, 2.24) is 4.90 Å². The van der Waals surface area contributed by atoms with E-state index in [-0.39, 0.29) is 5.56 Å². The van der Waals surface area contributed by atoms with Crippen LogP contribution in [0.3, 0.4) is 0 Å². The number of carbonyl (C=O) groups is 3. The number of nitrogens with two attached hydrogens (primary N) is 1. The minimum atomic E-state index is -1.43. The monoisotopic (exact) mass is 310 g/mol. The summed E-state index contributed by atoms with van der Waals surface area (Å²) in [7, 11) is 0. The first-order valence-corrected chi connectivity index (χ1v) is 6.69. The van der Waals surface area contributed by atoms with Crippen LogP contribution in [0.25, 0.3) is 6.08 Å². The zero-order chi connectivity index (χ0) is 16.8. The third-order valence-corrected chi connectivity index (χ3v) is 3.01. The maximum atomic E-state index is 12.4. The number of benzene rings is 2. The van der Waals surface area contributed by atoms with E-state index in [0.29, 0.717) is 10.5 Å². The quantitative estimate of drug-likeness (QED) is 0.846. The minimum absolute atomic E-state index is 0.159. The Labute approximate surface area is 132 Å². The summed E-state index contributed by atoms with van der Waals surface area (Å²) in [4.78, 5) is 36.1. The number of imide groups is 1. The van der Waals surface area contributed by atoms with Crippen LogP contribution in [0.2, 0.25) is 0 Å². The summed E-state index contributed by atoms with van der Waals surface area (Å²) in [5.41, 5.74) is 5.40. The molecule has 0 saturated carbocycles. The highest BCUT2D eigenvalue weighted by Gasteiger charge is 2.28. The molecule has 2 aromatic rings. The van der Waals surface area contributed by atoms with Gasteiger partial charge in [0.1, 0.15) is 5.70 Å². The fraction of sp³-hybridized carbons (Fsp3) is 0. The summed E-state index contributed by atoms with van der Waals surface area (Å²) < 4.78 is 0. The van der Waals surface area contributed by atoms with E-state index in [1.165, 1.54) is 18.2 Å². The van der Waals surface area contributed by atoms with Gasteiger partial charge in [0.25, 0.3) is 5.91 Å². The predicted octanol–water partition coefficient (Wildman–Crippen LogP) is 2.33. The second-order valence-electron chi connectivity index (χ2n) is 4.59. The molecule has 0 atom stereocenters. The van der Waals surface area contributed by atoms with Gasteiger partial charge in [-0.2, -0.15) is 0 Å². The van der Waals surface area contributed by atoms with Crippen LogP contribution in [-0.2, 0) is 4.79 Å². The smallest absolute Gasteiger partial charge is 0.353 e. The first kappa shape index (κ1) is 16.0. The standard InChI is InChI=1S/C17H14N2O4/c18-17(23)19(15(20)13-9-5-2-6-10-13)14(16(21)22)11-12-7-3-1-4-8-12/h1-11H,(H2,18,23)(H,21,22). The molecule has 0 spiro atoms. The Balaban J connectivity index is 2.49. The van der Waals surface area contributed by atoms with Crippen LogP contribution < -0.4 is 5.73 Å². The van der Waals surface area contributed by atoms with E-state index in [1.807, 2.05) is 0 Å². The number of hydrogen-bond acceptors (Lipinski definition) is 3. The SMILES string of the molecule is NC(=O)N(C(=O)c1ccccc1)C(=Cc1ccccc1)C(=O)O. The van der Waals surface area contributed by atoms with Crippen LogP contribution in [-0.4, -0.2) is 27.9 Å². The zero-order valence-corrected chi connectivity index (χ0v) is 12.0. The van der Waals surface area contributed by atoms with Gasteiger partial charge in [0.15, 0.2) is 0 Å². The molecule has 0 unspecified atom stereocenters. The highest BCUT2D eigenvalue weighted by atomic mass is 16.4. The van der Waals surface area contributed by atoms with Crippen LogP contribution in [0.4, 0.5) is 4.79 Å². The molecule has 6 nitrogen and oxygen atoms in total. The molecule has 0 bridgehead atoms. The van der Waals surface area contributed by atoms with Crippen molar-refractivity contribution < 1.29 is 19.5 Å². The molecule has 3 N–H and O–H groups in total. The van der Waals surface area contributed by atoms with Crippen molar-refractivity contribution in [2.24, 2.45) is 5.73 Å². The molecular weight excluding hydrogens is 296 g/mol. The van der Waals surface area contributed by atoms with Gasteiger partial charge in [-0.05, 0) is 23.8 Å². The lowest BCUT2D eigenvalue weighted by molar-refractivity contribution is -0.133. The first-order chi connectivity index (χ1) is 11.0. The minimum Gasteiger partial charge on any atom is -0.477 e. The normalized spacial score (nSPS) is 10.9. The molecule has 0 aromatic heterocycles. The van der Waals surface area contributed by atoms with Gasteiger partial charge in [0, 0.05) is 5.56 Å². The summed E-state index contributed by atoms with van der Waals surface area (Å²) in [6.45, 7) is 0. The van der Waals surface area contributed by atoms with Gasteiger partial charge < -0.3 is 10.8 Å². The van der Waals surface area contributed by atoms with E-state index in [9.17, 15) is 19.5 Å². The Bertz CT molecular complexity index is 755. The first-order valence-electron chi connectivity index (χ1n) is 6.69. The molecule has 0 heterocycles. The average molecular weight is 310 g/mol. The number of carboxylic acids is 1. The fourth-order valence-electron chi connectivity index (χ4n) is 1.97. The van der Waals surface area contributed by atoms with Gasteiger partial charge in [-0.15, -0.1) is 0 Å². The maximum absolute atomic E-state index is 12.4. The van der Waals surface area contributed by atoms with Crippen molar-refractivity contribution in [3.8, 4) is 0 Å². The molecule has 0 aliphatic heterocycles. The second-order valence-corrected chi connectivity index (χ2v) is 4.59. The summed E-state index contributed by atoms with van der Waals surface area (Å²) in [5, 5.41) is 9.38. The van der Waals surface area contributed by atoms with Crippen molar-refractivity contribution >= 4 is 24.0 Å². The van der Waals surface area contributed by atoms with Gasteiger partial charge in [-0.25, -0.2) is 14.5 Å². The summed E-state index contributed by atoms with van der Waals surface area (Å²) >= 11 is 0. The molecule has 23 heavy (non-hydrogen) atoms. The van der Waals surface area contributed by atoms with Gasteiger partial charge in [-0.1, -0.05) is 48.5 Å². The van der Waals surface area contributed by atoms with Crippen molar-refractivity contribution in [3.63, 3.8) is 0 Å². The molecule has 2 rings (SSSR count). The Hall–Kier alpha value is -3.41. The number of primary amides is 1. The van der Waals surface area contributed by atoms with E-state index >= 15 is 0 Å². The number of carbonyl (C=O) groups excluding carboxylic acids is 2. The lowest BCUT2D eigenvalue weighted by Crippen LogP contribution is -2.42. The Kier molecular flexibility index (Phi) is 4.89. The van der Waals surface area contributed by atoms with E-state index in [4.69, 9.17) is 5.73 Å².